The van der Waals surface area contributed by atoms with Gasteiger partial charge >= 0.3 is 12.4 Å². The van der Waals surface area contributed by atoms with Crippen LogP contribution in [-0.2, 0) is 6.61 Å². The van der Waals surface area contributed by atoms with Crippen LogP contribution in [0.25, 0.3) is 0 Å². The molecule has 2 rings (SSSR count). The monoisotopic (exact) mass is 419 g/mol. The van der Waals surface area contributed by atoms with Crippen LogP contribution in [0.3, 0.4) is 0 Å². The topological polar surface area (TPSA) is 97.1 Å². The quantitative estimate of drug-likeness (QED) is 0.384. The lowest BCUT2D eigenvalue weighted by molar-refractivity contribution is -0.275. The van der Waals surface area contributed by atoms with E-state index in [1.807, 2.05) is 0 Å². The maximum absolute atomic E-state index is 12.7. The molecule has 0 saturated heterocycles. The Hall–Kier alpha value is -2.85. The van der Waals surface area contributed by atoms with Gasteiger partial charge < -0.3 is 19.9 Å². The molecule has 28 heavy (non-hydrogen) atoms. The number of urea groups is 1. The van der Waals surface area contributed by atoms with E-state index in [2.05, 4.69) is 10.1 Å². The number of carbonyl (C=O) groups is 1. The van der Waals surface area contributed by atoms with Crippen LogP contribution in [0.4, 0.5) is 23.7 Å². The molecule has 0 aromatic heterocycles. The molecular weight excluding hydrogens is 403 g/mol. The first-order chi connectivity index (χ1) is 13.0. The predicted molar refractivity (Wildman–Crippen MR) is 96.3 cm³/mol. The molecule has 0 bridgehead atoms. The molecule has 0 fully saturated rings. The van der Waals surface area contributed by atoms with E-state index in [4.69, 9.17) is 22.2 Å². The highest BCUT2D eigenvalue weighted by molar-refractivity contribution is 6.32. The molecule has 11 heteroatoms. The molecule has 0 aliphatic heterocycles. The number of hydrogen-bond donors (Lipinski definition) is 3. The first-order valence-corrected chi connectivity index (χ1v) is 8.14. The molecule has 0 heterocycles. The van der Waals surface area contributed by atoms with Crippen LogP contribution in [0.1, 0.15) is 11.1 Å². The van der Waals surface area contributed by atoms with Gasteiger partial charge in [0.1, 0.15) is 23.9 Å². The van der Waals surface area contributed by atoms with Crippen molar-refractivity contribution in [2.75, 3.05) is 12.4 Å². The number of nitrogens with one attached hydrogen (secondary N) is 1. The van der Waals surface area contributed by atoms with Crippen molar-refractivity contribution < 1.29 is 32.5 Å². The fraction of sp³-hybridized carbons (Fsp3) is 0.235. The summed E-state index contributed by atoms with van der Waals surface area (Å²) in [6, 6.07) is 5.63. The van der Waals surface area contributed by atoms with Crippen LogP contribution in [0.5, 0.6) is 17.2 Å². The lowest BCUT2D eigenvalue weighted by atomic mass is 10.1. The fourth-order valence-electron chi connectivity index (χ4n) is 2.16. The first kappa shape index (κ1) is 21.5. The number of nitrogens with zero attached hydrogens (tertiary/aromatic N) is 1. The summed E-state index contributed by atoms with van der Waals surface area (Å²) >= 11 is 5.99. The number of hydrogen-bond acceptors (Lipinski definition) is 5. The number of carbonyl (C=O) groups excluding carboxylic acids is 1. The maximum atomic E-state index is 12.7. The first-order valence-electron chi connectivity index (χ1n) is 7.77. The van der Waals surface area contributed by atoms with Crippen molar-refractivity contribution in [3.05, 3.63) is 46.5 Å². The second-order valence-electron chi connectivity index (χ2n) is 5.73. The number of ether oxygens (including phenoxy) is 2. The summed E-state index contributed by atoms with van der Waals surface area (Å²) in [7, 11) is 1.26. The van der Waals surface area contributed by atoms with Gasteiger partial charge in [0.25, 0.3) is 0 Å². The molecule has 0 aliphatic carbocycles. The molecule has 4 N–H and O–H groups in total. The summed E-state index contributed by atoms with van der Waals surface area (Å²) in [4.78, 5) is 11.8. The molecule has 2 aromatic carbocycles. The van der Waals surface area contributed by atoms with Crippen LogP contribution in [-0.4, -0.2) is 29.6 Å². The molecule has 0 saturated carbocycles. The Balaban J connectivity index is 2.38. The van der Waals surface area contributed by atoms with Crippen molar-refractivity contribution in [1.29, 1.82) is 0 Å². The van der Waals surface area contributed by atoms with Gasteiger partial charge in [0.2, 0.25) is 0 Å². The number of phenolic OH excluding ortho intramolecular Hbond substituents is 1. The van der Waals surface area contributed by atoms with Crippen LogP contribution < -0.4 is 20.6 Å². The van der Waals surface area contributed by atoms with Crippen molar-refractivity contribution in [2.24, 2.45) is 5.84 Å². The Bertz CT molecular complexity index is 875. The lowest BCUT2D eigenvalue weighted by Gasteiger charge is -2.19. The largest absolute Gasteiger partial charge is 0.573 e. The van der Waals surface area contributed by atoms with E-state index in [1.165, 1.54) is 31.3 Å². The minimum atomic E-state index is -4.95. The maximum Gasteiger partial charge on any atom is 0.573 e. The third-order valence-electron chi connectivity index (χ3n) is 3.54. The number of benzene rings is 2. The van der Waals surface area contributed by atoms with E-state index in [0.717, 1.165) is 11.1 Å². The SMILES string of the molecule is Cc1cc(OCc2c(NC(=O)N(C)N)cccc2OC(F)(F)F)c(Cl)cc1O. The molecule has 0 radical (unpaired) electrons. The highest BCUT2D eigenvalue weighted by Gasteiger charge is 2.33. The average molecular weight is 420 g/mol. The number of phenols is 1. The smallest absolute Gasteiger partial charge is 0.508 e. The van der Waals surface area contributed by atoms with Gasteiger partial charge in [-0.15, -0.1) is 13.2 Å². The van der Waals surface area contributed by atoms with Gasteiger partial charge in [-0.25, -0.2) is 10.6 Å². The van der Waals surface area contributed by atoms with Gasteiger partial charge in [-0.05, 0) is 30.7 Å². The Morgan fingerprint density at radius 3 is 2.61 bits per heavy atom. The number of halogens is 4. The van der Waals surface area contributed by atoms with Crippen molar-refractivity contribution in [3.63, 3.8) is 0 Å². The summed E-state index contributed by atoms with van der Waals surface area (Å²) in [5.74, 6) is 4.84. The molecule has 7 nitrogen and oxygen atoms in total. The van der Waals surface area contributed by atoms with Crippen LogP contribution >= 0.6 is 11.6 Å². The van der Waals surface area contributed by atoms with Crippen molar-refractivity contribution in [1.82, 2.24) is 5.01 Å². The zero-order valence-corrected chi connectivity index (χ0v) is 15.6. The second-order valence-corrected chi connectivity index (χ2v) is 6.14. The Morgan fingerprint density at radius 2 is 2.00 bits per heavy atom. The van der Waals surface area contributed by atoms with E-state index in [9.17, 15) is 23.1 Å². The minimum Gasteiger partial charge on any atom is -0.508 e. The van der Waals surface area contributed by atoms with Crippen LogP contribution in [0.15, 0.2) is 30.3 Å². The molecule has 2 amide bonds. The zero-order chi connectivity index (χ0) is 21.1. The van der Waals surface area contributed by atoms with E-state index in [1.54, 1.807) is 6.92 Å². The van der Waals surface area contributed by atoms with E-state index in [-0.39, 0.29) is 27.8 Å². The predicted octanol–water partition coefficient (Wildman–Crippen LogP) is 4.17. The van der Waals surface area contributed by atoms with E-state index >= 15 is 0 Å². The Labute approximate surface area is 163 Å². The average Bonchev–Trinajstić information content (AvgIpc) is 2.57. The number of hydrazine groups is 1. The second kappa shape index (κ2) is 8.44. The number of anilines is 1. The van der Waals surface area contributed by atoms with E-state index in [0.29, 0.717) is 5.56 Å². The molecule has 152 valence electrons. The summed E-state index contributed by atoms with van der Waals surface area (Å²) in [6.45, 7) is 1.18. The summed E-state index contributed by atoms with van der Waals surface area (Å²) in [6.07, 6.45) is -4.95. The number of nitrogens with two attached hydrogens (primary N) is 1. The molecular formula is C17H17ClF3N3O4. The molecule has 0 aliphatic rings. The van der Waals surface area contributed by atoms with Gasteiger partial charge in [-0.1, -0.05) is 17.7 Å². The van der Waals surface area contributed by atoms with Gasteiger partial charge in [0, 0.05) is 13.1 Å². The number of rotatable bonds is 5. The molecule has 0 spiro atoms. The molecule has 0 atom stereocenters. The third-order valence-corrected chi connectivity index (χ3v) is 3.84. The number of aromatic hydroxyl groups is 1. The third kappa shape index (κ3) is 5.57. The normalized spacial score (nSPS) is 11.1. The Kier molecular flexibility index (Phi) is 6.47. The minimum absolute atomic E-state index is 0.00988. The highest BCUT2D eigenvalue weighted by Crippen LogP contribution is 2.35. The molecule has 2 aromatic rings. The van der Waals surface area contributed by atoms with Crippen molar-refractivity contribution >= 4 is 23.3 Å². The van der Waals surface area contributed by atoms with Gasteiger partial charge in [0.15, 0.2) is 0 Å². The summed E-state index contributed by atoms with van der Waals surface area (Å²) < 4.78 is 47.8. The van der Waals surface area contributed by atoms with Crippen molar-refractivity contribution in [3.8, 4) is 17.2 Å². The van der Waals surface area contributed by atoms with Crippen LogP contribution in [0.2, 0.25) is 5.02 Å². The highest BCUT2D eigenvalue weighted by atomic mass is 35.5. The number of aryl methyl sites for hydroxylation is 1. The summed E-state index contributed by atoms with van der Waals surface area (Å²) in [5, 5.41) is 12.8. The summed E-state index contributed by atoms with van der Waals surface area (Å²) in [5.41, 5.74) is 0.380. The fourth-order valence-corrected chi connectivity index (χ4v) is 2.37. The van der Waals surface area contributed by atoms with Gasteiger partial charge in [0.05, 0.1) is 16.3 Å². The zero-order valence-electron chi connectivity index (χ0n) is 14.8. The van der Waals surface area contributed by atoms with Gasteiger partial charge in [-0.2, -0.15) is 0 Å². The lowest BCUT2D eigenvalue weighted by Crippen LogP contribution is -2.37. The van der Waals surface area contributed by atoms with E-state index < -0.39 is 24.7 Å². The number of amides is 2. The van der Waals surface area contributed by atoms with Crippen molar-refractivity contribution in [2.45, 2.75) is 19.9 Å². The Morgan fingerprint density at radius 1 is 1.32 bits per heavy atom. The molecule has 0 unspecified atom stereocenters. The van der Waals surface area contributed by atoms with Gasteiger partial charge in [-0.3, -0.25) is 5.01 Å². The van der Waals surface area contributed by atoms with Crippen LogP contribution in [0, 0.1) is 6.92 Å². The standard InChI is InChI=1S/C17H17ClF3N3O4/c1-9-6-15(11(18)7-13(9)25)27-8-10-12(23-16(26)24(2)22)4-3-5-14(10)28-17(19,20)21/h3-7,25H,8,22H2,1-2H3,(H,23,26). The number of alkyl halides is 3.